The van der Waals surface area contributed by atoms with Crippen LogP contribution in [0.25, 0.3) is 0 Å². The highest BCUT2D eigenvalue weighted by Gasteiger charge is 2.27. The first kappa shape index (κ1) is 24.7. The van der Waals surface area contributed by atoms with Gasteiger partial charge in [-0.15, -0.1) is 0 Å². The van der Waals surface area contributed by atoms with Crippen LogP contribution in [-0.4, -0.2) is 24.2 Å². The van der Waals surface area contributed by atoms with Gasteiger partial charge in [-0.2, -0.15) is 0 Å². The number of esters is 2. The zero-order valence-electron chi connectivity index (χ0n) is 19.4. The molecule has 8 heteroatoms. The second kappa shape index (κ2) is 11.8. The van der Waals surface area contributed by atoms with Crippen LogP contribution in [-0.2, 0) is 45.0 Å². The number of carbonyl (C=O) groups excluding carboxylic acids is 4. The Kier molecular flexibility index (Phi) is 8.08. The van der Waals surface area contributed by atoms with Crippen molar-refractivity contribution >= 4 is 24.2 Å². The van der Waals surface area contributed by atoms with E-state index in [1.807, 2.05) is 12.1 Å². The van der Waals surface area contributed by atoms with Crippen LogP contribution in [0.4, 0.5) is 9.59 Å². The van der Waals surface area contributed by atoms with Gasteiger partial charge in [0.15, 0.2) is 0 Å². The summed E-state index contributed by atoms with van der Waals surface area (Å²) in [4.78, 5) is 49.5. The summed E-state index contributed by atoms with van der Waals surface area (Å²) in [7, 11) is 0. The molecule has 1 aliphatic rings. The molecule has 0 atom stereocenters. The van der Waals surface area contributed by atoms with Gasteiger partial charge in [0.1, 0.15) is 13.2 Å². The Hall–Kier alpha value is -4.46. The molecule has 184 valence electrons. The van der Waals surface area contributed by atoms with E-state index < -0.39 is 24.2 Å². The molecular weight excluding hydrogens is 464 g/mol. The van der Waals surface area contributed by atoms with Crippen LogP contribution in [0.1, 0.15) is 55.8 Å². The van der Waals surface area contributed by atoms with E-state index in [4.69, 9.17) is 18.9 Å². The molecule has 0 aromatic heterocycles. The van der Waals surface area contributed by atoms with Crippen molar-refractivity contribution in [2.75, 3.05) is 0 Å². The molecule has 0 saturated carbocycles. The standard InChI is InChI=1S/C28H24O8/c29-25(35-27(31)33-17-19-9-3-1-4-10-19)23-15-16-24(22-14-8-7-13-21(22)23)26(30)36-28(32)34-18-20-11-5-2-6-12-20/h1-6,9-12,15-16H,7-8,13-14,17-18H2. The van der Waals surface area contributed by atoms with Crippen LogP contribution >= 0.6 is 0 Å². The van der Waals surface area contributed by atoms with Crippen LogP contribution < -0.4 is 0 Å². The lowest BCUT2D eigenvalue weighted by molar-refractivity contribution is 0.0337. The Balaban J connectivity index is 1.40. The molecule has 0 heterocycles. The molecule has 0 unspecified atom stereocenters. The van der Waals surface area contributed by atoms with Crippen LogP contribution in [0.2, 0.25) is 0 Å². The Bertz CT molecular complexity index is 1150. The Morgan fingerprint density at radius 3 is 1.33 bits per heavy atom. The Labute approximate surface area is 207 Å². The van der Waals surface area contributed by atoms with Gasteiger partial charge in [0.25, 0.3) is 0 Å². The van der Waals surface area contributed by atoms with E-state index in [1.54, 1.807) is 48.5 Å². The fourth-order valence-electron chi connectivity index (χ4n) is 4.00. The zero-order chi connectivity index (χ0) is 25.3. The lowest BCUT2D eigenvalue weighted by atomic mass is 9.85. The lowest BCUT2D eigenvalue weighted by Gasteiger charge is -2.21. The fourth-order valence-corrected chi connectivity index (χ4v) is 4.00. The summed E-state index contributed by atoms with van der Waals surface area (Å²) < 4.78 is 19.8. The molecule has 0 saturated heterocycles. The molecule has 1 aliphatic carbocycles. The second-order valence-electron chi connectivity index (χ2n) is 8.15. The average molecular weight is 488 g/mol. The van der Waals surface area contributed by atoms with Gasteiger partial charge >= 0.3 is 24.2 Å². The van der Waals surface area contributed by atoms with Crippen LogP contribution in [0.5, 0.6) is 0 Å². The lowest BCUT2D eigenvalue weighted by Crippen LogP contribution is -2.21. The van der Waals surface area contributed by atoms with Crippen molar-refractivity contribution in [3.05, 3.63) is 106 Å². The van der Waals surface area contributed by atoms with Gasteiger partial charge in [-0.3, -0.25) is 0 Å². The summed E-state index contributed by atoms with van der Waals surface area (Å²) in [6.07, 6.45) is 0.389. The largest absolute Gasteiger partial charge is 0.516 e. The number of ether oxygens (including phenoxy) is 4. The van der Waals surface area contributed by atoms with E-state index in [-0.39, 0.29) is 24.3 Å². The summed E-state index contributed by atoms with van der Waals surface area (Å²) in [6, 6.07) is 20.8. The predicted octanol–water partition coefficient (Wildman–Crippen LogP) is 5.55. The third kappa shape index (κ3) is 6.35. The number of carbonyl (C=O) groups is 4. The molecule has 0 bridgehead atoms. The average Bonchev–Trinajstić information content (AvgIpc) is 2.91. The number of fused-ring (bicyclic) bond motifs is 1. The normalized spacial score (nSPS) is 12.1. The topological polar surface area (TPSA) is 105 Å². The van der Waals surface area contributed by atoms with E-state index in [0.717, 1.165) is 24.0 Å². The van der Waals surface area contributed by atoms with Gasteiger partial charge in [0.05, 0.1) is 11.1 Å². The van der Waals surface area contributed by atoms with E-state index >= 15 is 0 Å². The highest BCUT2D eigenvalue weighted by Crippen LogP contribution is 2.29. The molecule has 0 radical (unpaired) electrons. The third-order valence-electron chi connectivity index (χ3n) is 5.73. The minimum absolute atomic E-state index is 0.0315. The molecular formula is C28H24O8. The SMILES string of the molecule is O=C(OCc1ccccc1)OC(=O)c1ccc(C(=O)OC(=O)OCc2ccccc2)c2c1CCCC2. The first-order valence-electron chi connectivity index (χ1n) is 11.5. The molecule has 36 heavy (non-hydrogen) atoms. The van der Waals surface area contributed by atoms with Crippen molar-refractivity contribution in [2.24, 2.45) is 0 Å². The van der Waals surface area contributed by atoms with E-state index in [1.165, 1.54) is 12.1 Å². The quantitative estimate of drug-likeness (QED) is 0.328. The van der Waals surface area contributed by atoms with Crippen molar-refractivity contribution in [3.63, 3.8) is 0 Å². The maximum absolute atomic E-state index is 12.7. The van der Waals surface area contributed by atoms with Crippen molar-refractivity contribution in [1.29, 1.82) is 0 Å². The highest BCUT2D eigenvalue weighted by molar-refractivity contribution is 6.01. The predicted molar refractivity (Wildman–Crippen MR) is 127 cm³/mol. The molecule has 0 fully saturated rings. The molecule has 3 aromatic rings. The first-order valence-corrected chi connectivity index (χ1v) is 11.5. The molecule has 3 aromatic carbocycles. The van der Waals surface area contributed by atoms with Gasteiger partial charge < -0.3 is 18.9 Å². The molecule has 0 aliphatic heterocycles. The molecule has 0 amide bonds. The first-order chi connectivity index (χ1) is 17.5. The number of hydrogen-bond donors (Lipinski definition) is 0. The van der Waals surface area contributed by atoms with E-state index in [9.17, 15) is 19.2 Å². The minimum Gasteiger partial charge on any atom is -0.429 e. The molecule has 0 N–H and O–H groups in total. The number of benzene rings is 3. The third-order valence-corrected chi connectivity index (χ3v) is 5.73. The Morgan fingerprint density at radius 1 is 0.556 bits per heavy atom. The monoisotopic (exact) mass is 488 g/mol. The van der Waals surface area contributed by atoms with Gasteiger partial charge in [-0.05, 0) is 60.1 Å². The van der Waals surface area contributed by atoms with Crippen LogP contribution in [0, 0.1) is 0 Å². The van der Waals surface area contributed by atoms with E-state index in [2.05, 4.69) is 0 Å². The number of hydrogen-bond acceptors (Lipinski definition) is 8. The van der Waals surface area contributed by atoms with Crippen LogP contribution in [0.15, 0.2) is 72.8 Å². The smallest absolute Gasteiger partial charge is 0.429 e. The van der Waals surface area contributed by atoms with Gasteiger partial charge in [0.2, 0.25) is 0 Å². The second-order valence-corrected chi connectivity index (χ2v) is 8.15. The zero-order valence-corrected chi connectivity index (χ0v) is 19.4. The molecule has 4 rings (SSSR count). The molecule has 0 spiro atoms. The fraction of sp³-hybridized carbons (Fsp3) is 0.214. The van der Waals surface area contributed by atoms with E-state index in [0.29, 0.717) is 24.0 Å². The van der Waals surface area contributed by atoms with Crippen molar-refractivity contribution < 1.29 is 38.1 Å². The maximum atomic E-state index is 12.7. The van der Waals surface area contributed by atoms with Gasteiger partial charge in [-0.25, -0.2) is 19.2 Å². The molecule has 8 nitrogen and oxygen atoms in total. The maximum Gasteiger partial charge on any atom is 0.516 e. The number of rotatable bonds is 6. The van der Waals surface area contributed by atoms with Crippen LogP contribution in [0.3, 0.4) is 0 Å². The summed E-state index contributed by atoms with van der Waals surface area (Å²) in [5.41, 5.74) is 3.03. The highest BCUT2D eigenvalue weighted by atomic mass is 16.7. The summed E-state index contributed by atoms with van der Waals surface area (Å²) in [6.45, 7) is -0.0631. The van der Waals surface area contributed by atoms with Gasteiger partial charge in [0, 0.05) is 0 Å². The summed E-state index contributed by atoms with van der Waals surface area (Å²) in [5, 5.41) is 0. The van der Waals surface area contributed by atoms with Gasteiger partial charge in [-0.1, -0.05) is 60.7 Å². The Morgan fingerprint density at radius 2 is 0.944 bits per heavy atom. The van der Waals surface area contributed by atoms with Crippen molar-refractivity contribution in [1.82, 2.24) is 0 Å². The summed E-state index contributed by atoms with van der Waals surface area (Å²) >= 11 is 0. The van der Waals surface area contributed by atoms with Crippen molar-refractivity contribution in [3.8, 4) is 0 Å². The summed E-state index contributed by atoms with van der Waals surface area (Å²) in [5.74, 6) is -1.73. The minimum atomic E-state index is -1.11. The van der Waals surface area contributed by atoms with Crippen molar-refractivity contribution in [2.45, 2.75) is 38.9 Å².